The van der Waals surface area contributed by atoms with Crippen molar-refractivity contribution in [3.05, 3.63) is 0 Å². The van der Waals surface area contributed by atoms with Gasteiger partial charge >= 0.3 is 5.97 Å². The largest absolute Gasteiger partial charge is 0.455 e. The molecule has 0 saturated carbocycles. The lowest BCUT2D eigenvalue weighted by molar-refractivity contribution is -0.146. The first-order valence-corrected chi connectivity index (χ1v) is 5.37. The molecule has 0 aliphatic carbocycles. The number of nitrogens with zero attached hydrogens (tertiary/aromatic N) is 1. The van der Waals surface area contributed by atoms with Crippen LogP contribution in [0, 0.1) is 0 Å². The predicted octanol–water partition coefficient (Wildman–Crippen LogP) is 1.29. The molecule has 0 unspecified atom stereocenters. The van der Waals surface area contributed by atoms with Gasteiger partial charge in [-0.1, -0.05) is 21.1 Å². The Balaban J connectivity index is 4.74. The highest BCUT2D eigenvalue weighted by Crippen LogP contribution is 2.08. The van der Waals surface area contributed by atoms with Gasteiger partial charge in [0.15, 0.2) is 0 Å². The number of rotatable bonds is 4. The number of hydrogen-bond donors (Lipinski definition) is 0. The van der Waals surface area contributed by atoms with E-state index < -0.39 is 17.4 Å². The highest BCUT2D eigenvalue weighted by Gasteiger charge is 2.26. The van der Waals surface area contributed by atoms with Crippen molar-refractivity contribution >= 4 is 33.4 Å². The van der Waals surface area contributed by atoms with E-state index in [2.05, 4.69) is 25.9 Å². The monoisotopic (exact) mass is 279 g/mol. The third-order valence-electron chi connectivity index (χ3n) is 1.16. The molecular formula is C9H14BrNO4. The molecule has 0 aromatic heterocycles. The van der Waals surface area contributed by atoms with Gasteiger partial charge in [0.05, 0.1) is 5.33 Å². The van der Waals surface area contributed by atoms with Crippen LogP contribution in [0.1, 0.15) is 20.8 Å². The standard InChI is InChI=1S/C9H14BrNO4/c1-9(2,3)15-8(13)7(11-14-4)6(12)5-10/h5H2,1-4H3/b11-7-. The van der Waals surface area contributed by atoms with E-state index in [4.69, 9.17) is 4.74 Å². The van der Waals surface area contributed by atoms with Crippen LogP contribution in [0.25, 0.3) is 0 Å². The van der Waals surface area contributed by atoms with Crippen molar-refractivity contribution < 1.29 is 19.2 Å². The summed E-state index contributed by atoms with van der Waals surface area (Å²) in [5.74, 6) is -1.26. The topological polar surface area (TPSA) is 65.0 Å². The Labute approximate surface area is 96.9 Å². The SMILES string of the molecule is CO/N=C(/C(=O)CBr)C(=O)OC(C)(C)C. The second-order valence-electron chi connectivity index (χ2n) is 3.68. The number of ketones is 1. The van der Waals surface area contributed by atoms with E-state index in [0.29, 0.717) is 0 Å². The van der Waals surface area contributed by atoms with Gasteiger partial charge in [-0.15, -0.1) is 0 Å². The lowest BCUT2D eigenvalue weighted by Gasteiger charge is -2.19. The summed E-state index contributed by atoms with van der Waals surface area (Å²) in [7, 11) is 1.26. The van der Waals surface area contributed by atoms with E-state index in [1.807, 2.05) is 0 Å². The summed E-state index contributed by atoms with van der Waals surface area (Å²) in [5.41, 5.74) is -1.01. The van der Waals surface area contributed by atoms with Crippen LogP contribution < -0.4 is 0 Å². The van der Waals surface area contributed by atoms with Crippen LogP contribution in [0.4, 0.5) is 0 Å². The number of carbonyl (C=O) groups excluding carboxylic acids is 2. The third kappa shape index (κ3) is 5.51. The van der Waals surface area contributed by atoms with Gasteiger partial charge < -0.3 is 9.57 Å². The Morgan fingerprint density at radius 1 is 1.33 bits per heavy atom. The predicted molar refractivity (Wildman–Crippen MR) is 59.1 cm³/mol. The lowest BCUT2D eigenvalue weighted by atomic mass is 10.2. The number of halogens is 1. The molecule has 15 heavy (non-hydrogen) atoms. The minimum atomic E-state index is -0.784. The molecule has 0 aliphatic rings. The Kier molecular flexibility index (Phi) is 5.49. The van der Waals surface area contributed by atoms with Gasteiger partial charge in [-0.3, -0.25) is 4.79 Å². The number of carbonyl (C=O) groups is 2. The first kappa shape index (κ1) is 14.1. The number of oxime groups is 1. The summed E-state index contributed by atoms with van der Waals surface area (Å²) < 4.78 is 4.98. The van der Waals surface area contributed by atoms with E-state index in [0.717, 1.165) is 0 Å². The van der Waals surface area contributed by atoms with Crippen LogP contribution >= 0.6 is 15.9 Å². The molecular weight excluding hydrogens is 266 g/mol. The Morgan fingerprint density at radius 2 is 1.87 bits per heavy atom. The fourth-order valence-corrected chi connectivity index (χ4v) is 0.949. The highest BCUT2D eigenvalue weighted by atomic mass is 79.9. The lowest BCUT2D eigenvalue weighted by Crippen LogP contribution is -2.33. The maximum absolute atomic E-state index is 11.5. The van der Waals surface area contributed by atoms with Crippen molar-refractivity contribution in [2.75, 3.05) is 12.4 Å². The molecule has 0 fully saturated rings. The molecule has 0 spiro atoms. The maximum Gasteiger partial charge on any atom is 0.364 e. The van der Waals surface area contributed by atoms with Crippen molar-refractivity contribution in [1.29, 1.82) is 0 Å². The zero-order chi connectivity index (χ0) is 12.1. The normalized spacial score (nSPS) is 12.2. The molecule has 0 heterocycles. The Hall–Kier alpha value is -0.910. The molecule has 86 valence electrons. The highest BCUT2D eigenvalue weighted by molar-refractivity contribution is 9.09. The second-order valence-corrected chi connectivity index (χ2v) is 4.24. The van der Waals surface area contributed by atoms with Gasteiger partial charge in [0, 0.05) is 0 Å². The first-order valence-electron chi connectivity index (χ1n) is 4.25. The van der Waals surface area contributed by atoms with Gasteiger partial charge in [-0.25, -0.2) is 4.79 Å². The van der Waals surface area contributed by atoms with Crippen LogP contribution in [-0.2, 0) is 19.2 Å². The Bertz CT molecular complexity index is 280. The Morgan fingerprint density at radius 3 is 2.20 bits per heavy atom. The zero-order valence-electron chi connectivity index (χ0n) is 9.17. The molecule has 0 aromatic carbocycles. The minimum absolute atomic E-state index is 0.00552. The summed E-state index contributed by atoms with van der Waals surface area (Å²) in [5, 5.41) is 3.34. The molecule has 0 radical (unpaired) electrons. The maximum atomic E-state index is 11.5. The van der Waals surface area contributed by atoms with Crippen LogP contribution in [0.2, 0.25) is 0 Å². The number of ether oxygens (including phenoxy) is 1. The molecule has 0 atom stereocenters. The van der Waals surface area contributed by atoms with Crippen LogP contribution in [0.3, 0.4) is 0 Å². The fraction of sp³-hybridized carbons (Fsp3) is 0.667. The smallest absolute Gasteiger partial charge is 0.364 e. The average molecular weight is 280 g/mol. The molecule has 0 rings (SSSR count). The number of Topliss-reactive ketones (excluding diaryl/α,β-unsaturated/α-hetero) is 1. The van der Waals surface area contributed by atoms with E-state index in [9.17, 15) is 9.59 Å². The molecule has 6 heteroatoms. The van der Waals surface area contributed by atoms with Crippen molar-refractivity contribution in [2.24, 2.45) is 5.16 Å². The second kappa shape index (κ2) is 5.85. The van der Waals surface area contributed by atoms with E-state index >= 15 is 0 Å². The van der Waals surface area contributed by atoms with E-state index in [-0.39, 0.29) is 11.0 Å². The molecule has 0 amide bonds. The first-order chi connectivity index (χ1) is 6.81. The minimum Gasteiger partial charge on any atom is -0.455 e. The quantitative estimate of drug-likeness (QED) is 0.256. The molecule has 0 aromatic rings. The molecule has 5 nitrogen and oxygen atoms in total. The average Bonchev–Trinajstić information content (AvgIpc) is 2.10. The molecule has 0 saturated heterocycles. The molecule has 0 bridgehead atoms. The van der Waals surface area contributed by atoms with Crippen molar-refractivity contribution in [3.8, 4) is 0 Å². The van der Waals surface area contributed by atoms with Crippen molar-refractivity contribution in [3.63, 3.8) is 0 Å². The fourth-order valence-electron chi connectivity index (χ4n) is 0.683. The summed E-state index contributed by atoms with van der Waals surface area (Å²) in [6, 6.07) is 0. The summed E-state index contributed by atoms with van der Waals surface area (Å²) in [6.45, 7) is 5.11. The number of alkyl halides is 1. The summed E-state index contributed by atoms with van der Waals surface area (Å²) in [4.78, 5) is 27.2. The molecule has 0 N–H and O–H groups in total. The number of esters is 1. The molecule has 0 aliphatic heterocycles. The van der Waals surface area contributed by atoms with Gasteiger partial charge in [0.2, 0.25) is 11.5 Å². The van der Waals surface area contributed by atoms with Gasteiger partial charge in [-0.2, -0.15) is 0 Å². The van der Waals surface area contributed by atoms with Gasteiger partial charge in [0.1, 0.15) is 12.7 Å². The van der Waals surface area contributed by atoms with Crippen LogP contribution in [0.15, 0.2) is 5.16 Å². The van der Waals surface area contributed by atoms with Gasteiger partial charge in [-0.05, 0) is 20.8 Å². The zero-order valence-corrected chi connectivity index (χ0v) is 10.8. The summed E-state index contributed by atoms with van der Waals surface area (Å²) in [6.07, 6.45) is 0. The van der Waals surface area contributed by atoms with Crippen molar-refractivity contribution in [1.82, 2.24) is 0 Å². The summed E-state index contributed by atoms with van der Waals surface area (Å²) >= 11 is 2.94. The van der Waals surface area contributed by atoms with E-state index in [1.165, 1.54) is 7.11 Å². The van der Waals surface area contributed by atoms with E-state index in [1.54, 1.807) is 20.8 Å². The van der Waals surface area contributed by atoms with Crippen LogP contribution in [0.5, 0.6) is 0 Å². The van der Waals surface area contributed by atoms with Crippen molar-refractivity contribution in [2.45, 2.75) is 26.4 Å². The number of hydrogen-bond acceptors (Lipinski definition) is 5. The van der Waals surface area contributed by atoms with Crippen LogP contribution in [-0.4, -0.2) is 35.5 Å². The third-order valence-corrected chi connectivity index (χ3v) is 1.67. The van der Waals surface area contributed by atoms with Gasteiger partial charge in [0.25, 0.3) is 0 Å².